The molecule has 2 rings (SSSR count). The van der Waals surface area contributed by atoms with Gasteiger partial charge >= 0.3 is 0 Å². The zero-order valence-electron chi connectivity index (χ0n) is 10.9. The predicted octanol–water partition coefficient (Wildman–Crippen LogP) is 0.968. The molecule has 5 nitrogen and oxygen atoms in total. The minimum Gasteiger partial charge on any atom is -0.338 e. The van der Waals surface area contributed by atoms with E-state index >= 15 is 0 Å². The van der Waals surface area contributed by atoms with Gasteiger partial charge in [0, 0.05) is 45.0 Å². The van der Waals surface area contributed by atoms with E-state index in [1.165, 1.54) is 0 Å². The Morgan fingerprint density at radius 3 is 2.50 bits per heavy atom. The second kappa shape index (κ2) is 6.44. The third kappa shape index (κ3) is 3.77. The molecule has 0 spiro atoms. The molecule has 18 heavy (non-hydrogen) atoms. The zero-order chi connectivity index (χ0) is 12.8. The molecule has 0 N–H and O–H groups in total. The molecule has 0 aliphatic carbocycles. The molecular weight excluding hydrogens is 228 g/mol. The lowest BCUT2D eigenvalue weighted by molar-refractivity contribution is -0.117. The number of Topliss-reactive ketones (excluding diaryl/α,β-unsaturated/α-hetero) is 1. The highest BCUT2D eigenvalue weighted by molar-refractivity contribution is 5.75. The maximum atomic E-state index is 10.9. The lowest BCUT2D eigenvalue weighted by atomic mass is 10.2. The second-order valence-corrected chi connectivity index (χ2v) is 4.68. The summed E-state index contributed by atoms with van der Waals surface area (Å²) < 4.78 is 0. The summed E-state index contributed by atoms with van der Waals surface area (Å²) in [4.78, 5) is 24.0. The van der Waals surface area contributed by atoms with E-state index in [9.17, 15) is 4.79 Å². The fourth-order valence-electron chi connectivity index (χ4n) is 2.18. The van der Waals surface area contributed by atoms with Crippen LogP contribution in [0.5, 0.6) is 0 Å². The Balaban J connectivity index is 1.73. The van der Waals surface area contributed by atoms with Gasteiger partial charge in [-0.2, -0.15) is 0 Å². The van der Waals surface area contributed by atoms with Crippen LogP contribution in [0.2, 0.25) is 0 Å². The summed E-state index contributed by atoms with van der Waals surface area (Å²) in [6.07, 6.45) is 5.22. The number of piperazine rings is 1. The van der Waals surface area contributed by atoms with E-state index in [0.29, 0.717) is 6.42 Å². The Kier molecular flexibility index (Phi) is 4.64. The van der Waals surface area contributed by atoms with Crippen molar-refractivity contribution in [3.63, 3.8) is 0 Å². The first-order valence-electron chi connectivity index (χ1n) is 6.49. The molecule has 98 valence electrons. The van der Waals surface area contributed by atoms with E-state index in [2.05, 4.69) is 19.8 Å². The molecule has 1 aromatic rings. The molecule has 0 aromatic carbocycles. The average Bonchev–Trinajstić information content (AvgIpc) is 2.40. The quantitative estimate of drug-likeness (QED) is 0.777. The first kappa shape index (κ1) is 13.0. The van der Waals surface area contributed by atoms with Gasteiger partial charge in [-0.3, -0.25) is 4.90 Å². The van der Waals surface area contributed by atoms with Crippen LogP contribution in [0.1, 0.15) is 19.8 Å². The molecule has 1 aromatic heterocycles. The van der Waals surface area contributed by atoms with Crippen molar-refractivity contribution >= 4 is 11.7 Å². The predicted molar refractivity (Wildman–Crippen MR) is 70.6 cm³/mol. The third-order valence-electron chi connectivity index (χ3n) is 3.21. The van der Waals surface area contributed by atoms with Crippen LogP contribution in [-0.2, 0) is 4.79 Å². The topological polar surface area (TPSA) is 49.3 Å². The van der Waals surface area contributed by atoms with Crippen LogP contribution in [0.4, 0.5) is 5.95 Å². The molecule has 0 unspecified atom stereocenters. The maximum absolute atomic E-state index is 10.9. The molecule has 0 atom stereocenters. The van der Waals surface area contributed by atoms with Gasteiger partial charge < -0.3 is 9.69 Å². The summed E-state index contributed by atoms with van der Waals surface area (Å²) >= 11 is 0. The molecule has 1 aliphatic heterocycles. The standard InChI is InChI=1S/C13H20N4O/c1-12(18)4-2-7-16-8-10-17(11-9-16)13-14-5-3-6-15-13/h3,5-6H,2,4,7-11H2,1H3. The van der Waals surface area contributed by atoms with Crippen molar-refractivity contribution in [3.8, 4) is 0 Å². The number of rotatable bonds is 5. The van der Waals surface area contributed by atoms with Crippen LogP contribution < -0.4 is 4.90 Å². The van der Waals surface area contributed by atoms with E-state index in [1.54, 1.807) is 19.3 Å². The van der Waals surface area contributed by atoms with Crippen LogP contribution in [0.25, 0.3) is 0 Å². The molecular formula is C13H20N4O. The van der Waals surface area contributed by atoms with Crippen molar-refractivity contribution in [2.24, 2.45) is 0 Å². The van der Waals surface area contributed by atoms with E-state index in [4.69, 9.17) is 0 Å². The first-order chi connectivity index (χ1) is 8.75. The van der Waals surface area contributed by atoms with Gasteiger partial charge in [0.05, 0.1) is 0 Å². The summed E-state index contributed by atoms with van der Waals surface area (Å²) in [5, 5.41) is 0. The minimum atomic E-state index is 0.284. The van der Waals surface area contributed by atoms with Crippen molar-refractivity contribution in [2.45, 2.75) is 19.8 Å². The van der Waals surface area contributed by atoms with Gasteiger partial charge in [-0.05, 0) is 26.0 Å². The number of hydrogen-bond acceptors (Lipinski definition) is 5. The van der Waals surface area contributed by atoms with E-state index < -0.39 is 0 Å². The van der Waals surface area contributed by atoms with Gasteiger partial charge in [0.15, 0.2) is 0 Å². The summed E-state index contributed by atoms with van der Waals surface area (Å²) in [5.41, 5.74) is 0. The Labute approximate surface area is 108 Å². The monoisotopic (exact) mass is 248 g/mol. The lowest BCUT2D eigenvalue weighted by Gasteiger charge is -2.34. The average molecular weight is 248 g/mol. The number of ketones is 1. The zero-order valence-corrected chi connectivity index (χ0v) is 10.9. The number of carbonyl (C=O) groups is 1. The maximum Gasteiger partial charge on any atom is 0.225 e. The number of nitrogens with zero attached hydrogens (tertiary/aromatic N) is 4. The molecule has 1 aliphatic rings. The molecule has 0 saturated carbocycles. The highest BCUT2D eigenvalue weighted by atomic mass is 16.1. The molecule has 1 saturated heterocycles. The summed E-state index contributed by atoms with van der Waals surface area (Å²) in [5.74, 6) is 1.10. The van der Waals surface area contributed by atoms with Gasteiger partial charge in [0.25, 0.3) is 0 Å². The Bertz CT molecular complexity index is 374. The van der Waals surface area contributed by atoms with E-state index in [0.717, 1.165) is 45.1 Å². The lowest BCUT2D eigenvalue weighted by Crippen LogP contribution is -2.47. The van der Waals surface area contributed by atoms with Gasteiger partial charge in [-0.1, -0.05) is 0 Å². The van der Waals surface area contributed by atoms with Crippen molar-refractivity contribution in [3.05, 3.63) is 18.5 Å². The molecule has 0 bridgehead atoms. The highest BCUT2D eigenvalue weighted by Gasteiger charge is 2.18. The number of carbonyl (C=O) groups excluding carboxylic acids is 1. The second-order valence-electron chi connectivity index (χ2n) is 4.68. The normalized spacial score (nSPS) is 16.8. The van der Waals surface area contributed by atoms with Crippen molar-refractivity contribution in [1.82, 2.24) is 14.9 Å². The van der Waals surface area contributed by atoms with Crippen molar-refractivity contribution in [1.29, 1.82) is 0 Å². The molecule has 0 amide bonds. The van der Waals surface area contributed by atoms with Gasteiger partial charge in [-0.25, -0.2) is 9.97 Å². The van der Waals surface area contributed by atoms with Gasteiger partial charge in [-0.15, -0.1) is 0 Å². The van der Waals surface area contributed by atoms with E-state index in [-0.39, 0.29) is 5.78 Å². The van der Waals surface area contributed by atoms with Crippen LogP contribution in [0, 0.1) is 0 Å². The van der Waals surface area contributed by atoms with Crippen molar-refractivity contribution in [2.75, 3.05) is 37.6 Å². The third-order valence-corrected chi connectivity index (χ3v) is 3.21. The Hall–Kier alpha value is -1.49. The van der Waals surface area contributed by atoms with Crippen LogP contribution in [0.15, 0.2) is 18.5 Å². The molecule has 2 heterocycles. The Morgan fingerprint density at radius 1 is 1.22 bits per heavy atom. The van der Waals surface area contributed by atoms with Crippen LogP contribution in [-0.4, -0.2) is 53.4 Å². The van der Waals surface area contributed by atoms with Gasteiger partial charge in [0.1, 0.15) is 5.78 Å². The summed E-state index contributed by atoms with van der Waals surface area (Å²) in [6, 6.07) is 1.83. The van der Waals surface area contributed by atoms with Gasteiger partial charge in [0.2, 0.25) is 5.95 Å². The summed E-state index contributed by atoms with van der Waals surface area (Å²) in [7, 11) is 0. The minimum absolute atomic E-state index is 0.284. The van der Waals surface area contributed by atoms with Crippen LogP contribution >= 0.6 is 0 Å². The summed E-state index contributed by atoms with van der Waals surface area (Å²) in [6.45, 7) is 6.65. The first-order valence-corrected chi connectivity index (χ1v) is 6.49. The largest absolute Gasteiger partial charge is 0.338 e. The van der Waals surface area contributed by atoms with Crippen molar-refractivity contribution < 1.29 is 4.79 Å². The fourth-order valence-corrected chi connectivity index (χ4v) is 2.18. The smallest absolute Gasteiger partial charge is 0.225 e. The number of anilines is 1. The molecule has 0 radical (unpaired) electrons. The molecule has 1 fully saturated rings. The Morgan fingerprint density at radius 2 is 1.89 bits per heavy atom. The fraction of sp³-hybridized carbons (Fsp3) is 0.615. The highest BCUT2D eigenvalue weighted by Crippen LogP contribution is 2.10. The SMILES string of the molecule is CC(=O)CCCN1CCN(c2ncccn2)CC1. The van der Waals surface area contributed by atoms with Crippen LogP contribution in [0.3, 0.4) is 0 Å². The number of hydrogen-bond donors (Lipinski definition) is 0. The van der Waals surface area contributed by atoms with E-state index in [1.807, 2.05) is 6.07 Å². The number of aromatic nitrogens is 2. The molecule has 5 heteroatoms.